The summed E-state index contributed by atoms with van der Waals surface area (Å²) < 4.78 is 23.8. The van der Waals surface area contributed by atoms with Crippen LogP contribution in [0.4, 0.5) is 0 Å². The Balaban J connectivity index is 1.77. The van der Waals surface area contributed by atoms with Crippen LogP contribution in [0.3, 0.4) is 0 Å². The normalized spacial score (nSPS) is 17.1. The fourth-order valence-corrected chi connectivity index (χ4v) is 4.51. The van der Waals surface area contributed by atoms with Crippen molar-refractivity contribution in [2.75, 3.05) is 6.61 Å². The molecule has 2 atom stereocenters. The Morgan fingerprint density at radius 3 is 2.20 bits per heavy atom. The van der Waals surface area contributed by atoms with Gasteiger partial charge >= 0.3 is 11.9 Å². The Hall–Kier alpha value is -3.54. The number of rotatable bonds is 6. The zero-order chi connectivity index (χ0) is 25.3. The number of fused-ring (bicyclic) bond motifs is 5. The van der Waals surface area contributed by atoms with E-state index in [0.717, 1.165) is 28.0 Å². The summed E-state index contributed by atoms with van der Waals surface area (Å²) >= 11 is 0. The quantitative estimate of drug-likeness (QED) is 0.282. The molecule has 4 rings (SSSR count). The first-order chi connectivity index (χ1) is 16.6. The first-order valence-electron chi connectivity index (χ1n) is 11.9. The predicted octanol–water partition coefficient (Wildman–Crippen LogP) is 6.16. The molecule has 184 valence electrons. The molecule has 6 heteroatoms. The molecule has 0 saturated heterocycles. The van der Waals surface area contributed by atoms with Crippen LogP contribution in [0.2, 0.25) is 0 Å². The van der Waals surface area contributed by atoms with E-state index in [9.17, 15) is 9.59 Å². The van der Waals surface area contributed by atoms with Crippen LogP contribution < -0.4 is 18.9 Å². The third kappa shape index (κ3) is 5.26. The lowest BCUT2D eigenvalue weighted by Gasteiger charge is -2.29. The van der Waals surface area contributed by atoms with Crippen molar-refractivity contribution in [1.29, 1.82) is 0 Å². The van der Waals surface area contributed by atoms with Crippen LogP contribution in [0.1, 0.15) is 75.8 Å². The van der Waals surface area contributed by atoms with Crippen LogP contribution >= 0.6 is 0 Å². The van der Waals surface area contributed by atoms with E-state index < -0.39 is 0 Å². The third-order valence-corrected chi connectivity index (χ3v) is 6.13. The van der Waals surface area contributed by atoms with Crippen molar-refractivity contribution in [3.63, 3.8) is 0 Å². The van der Waals surface area contributed by atoms with Crippen molar-refractivity contribution in [2.45, 2.75) is 66.4 Å². The maximum Gasteiger partial charge on any atom is 0.308 e. The van der Waals surface area contributed by atoms with Gasteiger partial charge in [-0.25, -0.2) is 0 Å². The van der Waals surface area contributed by atoms with Gasteiger partial charge in [0.2, 0.25) is 0 Å². The number of carbonyl (C=O) groups excluding carboxylic acids is 2. The van der Waals surface area contributed by atoms with E-state index >= 15 is 0 Å². The van der Waals surface area contributed by atoms with Gasteiger partial charge in [-0.15, -0.1) is 0 Å². The molecule has 0 spiro atoms. The Kier molecular flexibility index (Phi) is 7.01. The molecule has 2 aliphatic rings. The molecular formula is C29H32O6. The largest absolute Gasteiger partial charge is 0.492 e. The van der Waals surface area contributed by atoms with E-state index in [0.29, 0.717) is 36.7 Å². The van der Waals surface area contributed by atoms with Gasteiger partial charge in [0, 0.05) is 36.6 Å². The molecular weight excluding hydrogens is 444 g/mol. The van der Waals surface area contributed by atoms with Gasteiger partial charge in [-0.3, -0.25) is 9.59 Å². The highest BCUT2D eigenvalue weighted by Gasteiger charge is 2.43. The number of esters is 2. The number of benzene rings is 2. The lowest BCUT2D eigenvalue weighted by molar-refractivity contribution is -0.132. The summed E-state index contributed by atoms with van der Waals surface area (Å²) in [4.78, 5) is 23.4. The monoisotopic (exact) mass is 476 g/mol. The molecule has 0 radical (unpaired) electrons. The van der Waals surface area contributed by atoms with Gasteiger partial charge in [0.1, 0.15) is 29.1 Å². The molecule has 6 nitrogen and oxygen atoms in total. The van der Waals surface area contributed by atoms with E-state index in [1.165, 1.54) is 25.0 Å². The molecule has 2 heterocycles. The second kappa shape index (κ2) is 9.98. The molecule has 2 aromatic rings. The molecule has 35 heavy (non-hydrogen) atoms. The topological polar surface area (TPSA) is 71.1 Å². The van der Waals surface area contributed by atoms with Gasteiger partial charge in [-0.1, -0.05) is 29.4 Å². The molecule has 2 unspecified atom stereocenters. The first kappa shape index (κ1) is 24.6. The third-order valence-electron chi connectivity index (χ3n) is 6.13. The highest BCUT2D eigenvalue weighted by atomic mass is 16.5. The predicted molar refractivity (Wildman–Crippen MR) is 133 cm³/mol. The molecule has 0 N–H and O–H groups in total. The van der Waals surface area contributed by atoms with Crippen molar-refractivity contribution in [3.05, 3.63) is 69.8 Å². The van der Waals surface area contributed by atoms with Gasteiger partial charge < -0.3 is 18.9 Å². The fourth-order valence-electron chi connectivity index (χ4n) is 4.51. The van der Waals surface area contributed by atoms with Crippen LogP contribution in [0.15, 0.2) is 47.6 Å². The van der Waals surface area contributed by atoms with Gasteiger partial charge in [0.05, 0.1) is 12.5 Å². The van der Waals surface area contributed by atoms with E-state index in [1.807, 2.05) is 45.9 Å². The lowest BCUT2D eigenvalue weighted by atomic mass is 9.87. The maximum absolute atomic E-state index is 11.7. The SMILES string of the molecule is CC(=O)Oc1cc2c(cc1CC=C(C)C)C1Oc3c(ccc(OC(C)=O)c3CC=C(C)C)C1CO2. The zero-order valence-corrected chi connectivity index (χ0v) is 21.2. The van der Waals surface area contributed by atoms with Gasteiger partial charge in [-0.05, 0) is 58.2 Å². The van der Waals surface area contributed by atoms with E-state index in [4.69, 9.17) is 18.9 Å². The number of carbonyl (C=O) groups is 2. The summed E-state index contributed by atoms with van der Waals surface area (Å²) in [5.74, 6) is 1.69. The van der Waals surface area contributed by atoms with Gasteiger partial charge in [0.25, 0.3) is 0 Å². The summed E-state index contributed by atoms with van der Waals surface area (Å²) in [6.45, 7) is 11.4. The average Bonchev–Trinajstić information content (AvgIpc) is 3.15. The standard InChI is InChI=1S/C29H32O6/c1-16(2)7-9-20-13-23-27(14-26(20)34-19(6)31)32-15-24-21-11-12-25(33-18(5)30)22(10-8-17(3)4)28(21)35-29(23)24/h7-8,11-14,24,29H,9-10,15H2,1-6H3. The van der Waals surface area contributed by atoms with Crippen molar-refractivity contribution in [3.8, 4) is 23.0 Å². The minimum atomic E-state index is -0.372. The molecule has 0 saturated carbocycles. The van der Waals surface area contributed by atoms with Crippen molar-refractivity contribution in [1.82, 2.24) is 0 Å². The smallest absolute Gasteiger partial charge is 0.308 e. The maximum atomic E-state index is 11.7. The molecule has 0 aromatic heterocycles. The summed E-state index contributed by atoms with van der Waals surface area (Å²) in [5.41, 5.74) is 6.07. The van der Waals surface area contributed by atoms with E-state index in [2.05, 4.69) is 12.2 Å². The molecule has 0 aliphatic carbocycles. The summed E-state index contributed by atoms with van der Waals surface area (Å²) in [6, 6.07) is 7.63. The highest BCUT2D eigenvalue weighted by molar-refractivity contribution is 5.72. The van der Waals surface area contributed by atoms with Gasteiger partial charge in [-0.2, -0.15) is 0 Å². The highest BCUT2D eigenvalue weighted by Crippen LogP contribution is 2.54. The van der Waals surface area contributed by atoms with Crippen molar-refractivity contribution >= 4 is 11.9 Å². The Morgan fingerprint density at radius 1 is 0.886 bits per heavy atom. The van der Waals surface area contributed by atoms with Crippen LogP contribution in [-0.4, -0.2) is 18.5 Å². The minimum Gasteiger partial charge on any atom is -0.492 e. The lowest BCUT2D eigenvalue weighted by Crippen LogP contribution is -2.23. The molecule has 2 aromatic carbocycles. The Labute approximate surface area is 206 Å². The van der Waals surface area contributed by atoms with Crippen LogP contribution in [0.5, 0.6) is 23.0 Å². The Bertz CT molecular complexity index is 1230. The number of ether oxygens (including phenoxy) is 4. The van der Waals surface area contributed by atoms with Crippen LogP contribution in [-0.2, 0) is 22.4 Å². The number of hydrogen-bond acceptors (Lipinski definition) is 6. The fraction of sp³-hybridized carbons (Fsp3) is 0.379. The van der Waals surface area contributed by atoms with Crippen LogP contribution in [0.25, 0.3) is 0 Å². The molecule has 0 bridgehead atoms. The zero-order valence-electron chi connectivity index (χ0n) is 21.2. The minimum absolute atomic E-state index is 0.00482. The second-order valence-electron chi connectivity index (χ2n) is 9.57. The van der Waals surface area contributed by atoms with Crippen molar-refractivity contribution < 1.29 is 28.5 Å². The summed E-state index contributed by atoms with van der Waals surface area (Å²) in [7, 11) is 0. The molecule has 0 amide bonds. The molecule has 0 fully saturated rings. The summed E-state index contributed by atoms with van der Waals surface area (Å²) in [6.07, 6.45) is 5.18. The number of hydrogen-bond donors (Lipinski definition) is 0. The first-order valence-corrected chi connectivity index (χ1v) is 11.9. The Morgan fingerprint density at radius 2 is 1.54 bits per heavy atom. The van der Waals surface area contributed by atoms with E-state index in [-0.39, 0.29) is 24.0 Å². The average molecular weight is 477 g/mol. The van der Waals surface area contributed by atoms with Gasteiger partial charge in [0.15, 0.2) is 0 Å². The summed E-state index contributed by atoms with van der Waals surface area (Å²) in [5, 5.41) is 0. The molecule has 2 aliphatic heterocycles. The number of allylic oxidation sites excluding steroid dienone is 4. The second-order valence-corrected chi connectivity index (χ2v) is 9.57. The van der Waals surface area contributed by atoms with Crippen LogP contribution in [0, 0.1) is 0 Å². The van der Waals surface area contributed by atoms with E-state index in [1.54, 1.807) is 6.07 Å². The van der Waals surface area contributed by atoms with Crippen molar-refractivity contribution in [2.24, 2.45) is 0 Å².